The summed E-state index contributed by atoms with van der Waals surface area (Å²) in [6.07, 6.45) is 5.31. The Morgan fingerprint density at radius 1 is 0.331 bits per heavy atom. The lowest BCUT2D eigenvalue weighted by Gasteiger charge is -2.12. The van der Waals surface area contributed by atoms with Crippen LogP contribution in [-0.4, -0.2) is 96.1 Å². The highest BCUT2D eigenvalue weighted by Crippen LogP contribution is 2.44. The standard InChI is InChI=1S/C29H29NO3.C27H22F3NO3.C27H25NO4.C27H25NO3/c1-19(2)22-8-6-9-23(16-22)27-25-11-3-4-12-26(25)30(28(27)29(31)32)17-21-7-5-10-24(15-21)33-18-20-13-14-20;28-27(29,30)20-7-3-5-18(13-20)15-31-23-10-2-1-9-22(23)24(25(31)26(32)33)19-6-4-8-21(14-19)34-16-17-11-12-17;1-31-21-8-5-7-20(15-21)25-23-10-2-3-11-24(23)28(26(25)27(29)30)16-19-6-4-9-22(14-19)32-17-18-12-13-18;1-18-6-4-8-21(14-18)25-23-10-2-3-11-24(23)28(26(25)27(29)30)16-20-7-5-9-22(15-20)31-17-19-12-13-19/h3-12,15-16,19-20H,13-14,17-18H2,1-2H3,(H,31,32);1-10,13-14,17H,11-12,15-16H2,(H,32,33);2-11,14-15,18H,12-13,16-17H2,1H3,(H,29,30);2-11,14-15,19H,12-13,16-17H2,1H3,(H,29,30). The summed E-state index contributed by atoms with van der Waals surface area (Å²) in [5.74, 6) is 2.91. The molecule has 4 aliphatic carbocycles. The highest BCUT2D eigenvalue weighted by molar-refractivity contribution is 6.12. The lowest BCUT2D eigenvalue weighted by Crippen LogP contribution is -2.12. The monoisotopic (exact) mass is 1740 g/mol. The van der Waals surface area contributed by atoms with Crippen molar-refractivity contribution >= 4 is 67.5 Å². The molecule has 16 aromatic rings. The Bertz CT molecular complexity index is 6870. The van der Waals surface area contributed by atoms with Gasteiger partial charge in [0.1, 0.15) is 51.5 Å². The van der Waals surface area contributed by atoms with Crippen LogP contribution in [-0.2, 0) is 32.4 Å². The van der Waals surface area contributed by atoms with E-state index < -0.39 is 35.6 Å². The first-order chi connectivity index (χ1) is 63.0. The molecule has 130 heavy (non-hydrogen) atoms. The van der Waals surface area contributed by atoms with E-state index in [1.807, 2.05) is 263 Å². The number of aromatic nitrogens is 4. The highest BCUT2D eigenvalue weighted by Gasteiger charge is 2.34. The number of carboxylic acid groups (broad SMARTS) is 4. The minimum atomic E-state index is -4.48. The van der Waals surface area contributed by atoms with Crippen molar-refractivity contribution < 1.29 is 76.5 Å². The Balaban J connectivity index is 0.000000122. The second kappa shape index (κ2) is 38.6. The molecule has 17 nitrogen and oxygen atoms in total. The summed E-state index contributed by atoms with van der Waals surface area (Å²) in [5, 5.41) is 44.5. The van der Waals surface area contributed by atoms with Gasteiger partial charge in [0.15, 0.2) is 0 Å². The van der Waals surface area contributed by atoms with Gasteiger partial charge in [-0.15, -0.1) is 0 Å². The van der Waals surface area contributed by atoms with E-state index in [-0.39, 0.29) is 17.9 Å². The molecule has 4 aliphatic rings. The summed E-state index contributed by atoms with van der Waals surface area (Å²) in [6.45, 7) is 10.6. The summed E-state index contributed by atoms with van der Waals surface area (Å²) in [7, 11) is 1.61. The highest BCUT2D eigenvalue weighted by atomic mass is 19.4. The Labute approximate surface area is 751 Å². The number of aromatic carboxylic acids is 4. The maximum absolute atomic E-state index is 13.2. The molecule has 0 amide bonds. The van der Waals surface area contributed by atoms with Crippen LogP contribution in [0.15, 0.2) is 291 Å². The van der Waals surface area contributed by atoms with Crippen molar-refractivity contribution in [1.29, 1.82) is 0 Å². The van der Waals surface area contributed by atoms with E-state index in [0.717, 1.165) is 145 Å². The van der Waals surface area contributed by atoms with Crippen LogP contribution >= 0.6 is 0 Å². The van der Waals surface area contributed by atoms with Crippen molar-refractivity contribution in [3.8, 4) is 73.3 Å². The number of aryl methyl sites for hydroxylation is 1. The minimum absolute atomic E-state index is 0.00998. The number of halogens is 3. The van der Waals surface area contributed by atoms with Crippen LogP contribution in [0.25, 0.3) is 88.1 Å². The molecule has 4 heterocycles. The average Bonchev–Trinajstić information content (AvgIpc) is 1.61. The molecule has 4 saturated carbocycles. The van der Waals surface area contributed by atoms with Gasteiger partial charge in [-0.2, -0.15) is 13.2 Å². The summed E-state index contributed by atoms with van der Waals surface area (Å²) in [6, 6.07) is 91.0. The number of hydrogen-bond donors (Lipinski definition) is 4. The van der Waals surface area contributed by atoms with E-state index in [4.69, 9.17) is 23.7 Å². The molecule has 4 aromatic heterocycles. The smallest absolute Gasteiger partial charge is 0.416 e. The predicted octanol–water partition coefficient (Wildman–Crippen LogP) is 25.8. The molecule has 0 radical (unpaired) electrons. The van der Waals surface area contributed by atoms with Gasteiger partial charge in [-0.25, -0.2) is 19.2 Å². The maximum atomic E-state index is 13.2. The molecule has 0 spiro atoms. The fourth-order valence-electron chi connectivity index (χ4n) is 17.1. The van der Waals surface area contributed by atoms with Crippen LogP contribution in [0.5, 0.6) is 28.7 Å². The van der Waals surface area contributed by atoms with Gasteiger partial charge >= 0.3 is 30.1 Å². The van der Waals surface area contributed by atoms with Crippen LogP contribution in [0, 0.1) is 30.6 Å². The number of nitrogens with zero attached hydrogens (tertiary/aromatic N) is 4. The van der Waals surface area contributed by atoms with E-state index in [0.29, 0.717) is 112 Å². The van der Waals surface area contributed by atoms with Crippen molar-refractivity contribution in [3.05, 3.63) is 353 Å². The SMILES string of the molecule is CC(C)c1cccc(-c2c(C(=O)O)n(Cc3cccc(OCC4CC4)c3)c3ccccc23)c1.COc1cccc(-c2c(C(=O)O)n(Cc3cccc(OCC4CC4)c3)c3ccccc23)c1.Cc1cccc(-c2c(C(=O)O)n(Cc3cccc(OCC4CC4)c3)c3ccccc23)c1.O=C(O)c1c(-c2cccc(OCC3CC3)c2)c2ccccc2n1Cc1cccc(C(F)(F)F)c1. The topological polar surface area (TPSA) is 215 Å². The summed E-state index contributed by atoms with van der Waals surface area (Å²) in [5.41, 5.74) is 15.4. The fraction of sp³-hybridized carbons (Fsp3) is 0.236. The van der Waals surface area contributed by atoms with Crippen molar-refractivity contribution in [1.82, 2.24) is 18.3 Å². The predicted molar refractivity (Wildman–Crippen MR) is 503 cm³/mol. The van der Waals surface area contributed by atoms with E-state index in [9.17, 15) is 52.8 Å². The zero-order chi connectivity index (χ0) is 90.3. The second-order valence-corrected chi connectivity index (χ2v) is 34.6. The number of methoxy groups -OCH3 is 1. The Morgan fingerprint density at radius 2 is 0.608 bits per heavy atom. The van der Waals surface area contributed by atoms with E-state index in [1.54, 1.807) is 29.9 Å². The molecular formula is C110H101F3N4O13. The van der Waals surface area contributed by atoms with Gasteiger partial charge in [0, 0.05) is 92.0 Å². The summed E-state index contributed by atoms with van der Waals surface area (Å²) in [4.78, 5) is 50.0. The zero-order valence-electron chi connectivity index (χ0n) is 72.8. The number of fused-ring (bicyclic) bond motifs is 4. The van der Waals surface area contributed by atoms with E-state index >= 15 is 0 Å². The third kappa shape index (κ3) is 20.4. The quantitative estimate of drug-likeness (QED) is 0.0330. The second-order valence-electron chi connectivity index (χ2n) is 34.6. The Kier molecular flexibility index (Phi) is 26.0. The molecule has 0 saturated heterocycles. The van der Waals surface area contributed by atoms with Crippen molar-refractivity contribution in [3.63, 3.8) is 0 Å². The third-order valence-corrected chi connectivity index (χ3v) is 24.4. The molecule has 0 aliphatic heterocycles. The van der Waals surface area contributed by atoms with Gasteiger partial charge in [-0.1, -0.05) is 214 Å². The molecule has 0 bridgehead atoms. The van der Waals surface area contributed by atoms with Crippen molar-refractivity contribution in [2.24, 2.45) is 23.7 Å². The van der Waals surface area contributed by atoms with Crippen LogP contribution in [0.2, 0.25) is 0 Å². The largest absolute Gasteiger partial charge is 0.497 e. The Hall–Kier alpha value is -14.5. The normalized spacial score (nSPS) is 13.5. The summed E-state index contributed by atoms with van der Waals surface area (Å²) >= 11 is 0. The van der Waals surface area contributed by atoms with Gasteiger partial charge in [0.25, 0.3) is 0 Å². The van der Waals surface area contributed by atoms with Gasteiger partial charge in [-0.05, 0) is 235 Å². The molecule has 12 aromatic carbocycles. The van der Waals surface area contributed by atoms with E-state index in [2.05, 4.69) is 26.0 Å². The molecule has 20 heteroatoms. The first-order valence-corrected chi connectivity index (χ1v) is 44.3. The van der Waals surface area contributed by atoms with Crippen molar-refractivity contribution in [2.75, 3.05) is 33.5 Å². The number of hydrogen-bond acceptors (Lipinski definition) is 9. The first-order valence-electron chi connectivity index (χ1n) is 44.3. The number of carboxylic acids is 4. The first kappa shape index (κ1) is 87.5. The number of benzene rings is 12. The van der Waals surface area contributed by atoms with Crippen molar-refractivity contribution in [2.45, 2.75) is 110 Å². The molecular weight excluding hydrogens is 1640 g/mol. The molecule has 660 valence electrons. The maximum Gasteiger partial charge on any atom is 0.416 e. The average molecular weight is 1740 g/mol. The number of para-hydroxylation sites is 4. The summed E-state index contributed by atoms with van der Waals surface area (Å²) < 4.78 is 76.1. The van der Waals surface area contributed by atoms with Crippen LogP contribution < -0.4 is 23.7 Å². The number of carbonyl (C=O) groups is 4. The fourth-order valence-corrected chi connectivity index (χ4v) is 17.1. The minimum Gasteiger partial charge on any atom is -0.497 e. The van der Waals surface area contributed by atoms with Gasteiger partial charge in [-0.3, -0.25) is 0 Å². The van der Waals surface area contributed by atoms with Gasteiger partial charge in [0.05, 0.1) is 39.1 Å². The van der Waals surface area contributed by atoms with Crippen LogP contribution in [0.3, 0.4) is 0 Å². The van der Waals surface area contributed by atoms with Gasteiger partial charge in [0.2, 0.25) is 0 Å². The third-order valence-electron chi connectivity index (χ3n) is 24.4. The molecule has 4 N–H and O–H groups in total. The Morgan fingerprint density at radius 3 is 0.923 bits per heavy atom. The van der Waals surface area contributed by atoms with Crippen LogP contribution in [0.4, 0.5) is 13.2 Å². The van der Waals surface area contributed by atoms with E-state index in [1.165, 1.54) is 50.2 Å². The van der Waals surface area contributed by atoms with Crippen LogP contribution in [0.1, 0.15) is 152 Å². The number of rotatable bonds is 30. The lowest BCUT2D eigenvalue weighted by atomic mass is 9.96. The number of alkyl halides is 3. The molecule has 0 unspecified atom stereocenters. The molecule has 4 fully saturated rings. The zero-order valence-corrected chi connectivity index (χ0v) is 72.8. The lowest BCUT2D eigenvalue weighted by molar-refractivity contribution is -0.137. The van der Waals surface area contributed by atoms with Gasteiger partial charge < -0.3 is 62.4 Å². The molecule has 0 atom stereocenters. The molecule has 20 rings (SSSR count). The number of ether oxygens (including phenoxy) is 5.